The second-order valence-corrected chi connectivity index (χ2v) is 15.4. The van der Waals surface area contributed by atoms with Gasteiger partial charge in [0.05, 0.1) is 34.4 Å². The second kappa shape index (κ2) is 31.5. The van der Waals surface area contributed by atoms with Crippen molar-refractivity contribution in [2.24, 2.45) is 0 Å². The molecule has 274 valence electrons. The normalized spacial score (nSPS) is 14.1. The fourth-order valence-corrected chi connectivity index (χ4v) is 5.82. The molecule has 0 rings (SSSR count). The van der Waals surface area contributed by atoms with Crippen molar-refractivity contribution in [3.05, 3.63) is 12.2 Å². The predicted octanol–water partition coefficient (Wildman–Crippen LogP) is 10.3. The van der Waals surface area contributed by atoms with Crippen LogP contribution in [0.1, 0.15) is 162 Å². The van der Waals surface area contributed by atoms with Gasteiger partial charge in [0.2, 0.25) is 0 Å². The highest BCUT2D eigenvalue weighted by atomic mass is 31.2. The number of esters is 1. The zero-order chi connectivity index (χ0) is 34.2. The lowest BCUT2D eigenvalue weighted by Gasteiger charge is -2.24. The van der Waals surface area contributed by atoms with Crippen molar-refractivity contribution in [1.29, 1.82) is 0 Å². The summed E-state index contributed by atoms with van der Waals surface area (Å²) in [5.74, 6) is -0.320. The molecule has 0 aromatic rings. The molecule has 46 heavy (non-hydrogen) atoms. The number of allylic oxidation sites excluding steroid dienone is 2. The van der Waals surface area contributed by atoms with Gasteiger partial charge in [-0.3, -0.25) is 13.8 Å². The molecule has 0 aromatic carbocycles. The van der Waals surface area contributed by atoms with Gasteiger partial charge in [0, 0.05) is 13.0 Å². The summed E-state index contributed by atoms with van der Waals surface area (Å²) in [6.45, 7) is 5.59. The minimum atomic E-state index is -4.26. The van der Waals surface area contributed by atoms with Gasteiger partial charge in [0.25, 0.3) is 0 Å². The van der Waals surface area contributed by atoms with Crippen LogP contribution in [-0.2, 0) is 27.9 Å². The van der Waals surface area contributed by atoms with E-state index in [9.17, 15) is 14.3 Å². The van der Waals surface area contributed by atoms with Crippen LogP contribution in [0, 0.1) is 0 Å². The van der Waals surface area contributed by atoms with Crippen molar-refractivity contribution >= 4 is 13.8 Å². The van der Waals surface area contributed by atoms with Gasteiger partial charge in [-0.2, -0.15) is 0 Å². The number of nitrogens with zero attached hydrogens (tertiary/aromatic N) is 1. The van der Waals surface area contributed by atoms with E-state index in [0.717, 1.165) is 32.1 Å². The fraction of sp³-hybridized carbons (Fsp3) is 0.919. The number of rotatable bonds is 35. The Labute approximate surface area is 284 Å². The Morgan fingerprint density at radius 3 is 1.65 bits per heavy atom. The maximum absolute atomic E-state index is 12.6. The van der Waals surface area contributed by atoms with Gasteiger partial charge in [-0.15, -0.1) is 0 Å². The molecule has 2 unspecified atom stereocenters. The molecule has 0 amide bonds. The highest BCUT2D eigenvalue weighted by Gasteiger charge is 2.26. The molecule has 0 radical (unpaired) electrons. The summed E-state index contributed by atoms with van der Waals surface area (Å²) in [7, 11) is 1.67. The molecule has 0 saturated carbocycles. The van der Waals surface area contributed by atoms with E-state index in [-0.39, 0.29) is 25.8 Å². The lowest BCUT2D eigenvalue weighted by atomic mass is 10.1. The number of hydrogen-bond donors (Lipinski definition) is 1. The first-order chi connectivity index (χ1) is 22.1. The number of phosphoric ester groups is 1. The maximum atomic E-state index is 12.6. The van der Waals surface area contributed by atoms with Gasteiger partial charge in [0.1, 0.15) is 19.3 Å². The van der Waals surface area contributed by atoms with E-state index in [1.807, 2.05) is 21.1 Å². The molecular formula is C37H75NO7P+. The Morgan fingerprint density at radius 2 is 1.13 bits per heavy atom. The largest absolute Gasteiger partial charge is 0.472 e. The fourth-order valence-electron chi connectivity index (χ4n) is 5.08. The molecule has 0 saturated heterocycles. The molecule has 0 aliphatic carbocycles. The van der Waals surface area contributed by atoms with E-state index in [1.54, 1.807) is 0 Å². The van der Waals surface area contributed by atoms with Crippen LogP contribution in [0.3, 0.4) is 0 Å². The Kier molecular flexibility index (Phi) is 31.0. The van der Waals surface area contributed by atoms with Crippen molar-refractivity contribution in [2.75, 3.05) is 54.1 Å². The second-order valence-electron chi connectivity index (χ2n) is 14.0. The van der Waals surface area contributed by atoms with Crippen LogP contribution in [0.5, 0.6) is 0 Å². The van der Waals surface area contributed by atoms with Gasteiger partial charge in [0.15, 0.2) is 0 Å². The molecule has 0 aromatic heterocycles. The van der Waals surface area contributed by atoms with Crippen molar-refractivity contribution in [2.45, 2.75) is 168 Å². The number of hydrogen-bond acceptors (Lipinski definition) is 6. The van der Waals surface area contributed by atoms with E-state index in [0.29, 0.717) is 24.1 Å². The molecule has 2 atom stereocenters. The SMILES string of the molecule is CCCCCCCC/C=C\CCCCCCCCCC(=O)OC(COCCCCCCCCC)COP(=O)(O)OCC[N+](C)(C)C. The van der Waals surface area contributed by atoms with Crippen LogP contribution in [0.4, 0.5) is 0 Å². The molecular weight excluding hydrogens is 601 g/mol. The summed E-state index contributed by atoms with van der Waals surface area (Å²) in [4.78, 5) is 22.7. The van der Waals surface area contributed by atoms with Gasteiger partial charge < -0.3 is 18.9 Å². The summed E-state index contributed by atoms with van der Waals surface area (Å²) < 4.78 is 34.7. The zero-order valence-corrected chi connectivity index (χ0v) is 31.7. The molecule has 0 aliphatic heterocycles. The lowest BCUT2D eigenvalue weighted by molar-refractivity contribution is -0.870. The summed E-state index contributed by atoms with van der Waals surface area (Å²) in [5, 5.41) is 0. The number of ether oxygens (including phenoxy) is 2. The van der Waals surface area contributed by atoms with E-state index in [2.05, 4.69) is 26.0 Å². The summed E-state index contributed by atoms with van der Waals surface area (Å²) in [6.07, 6.45) is 31.0. The first-order valence-electron chi connectivity index (χ1n) is 18.9. The number of carbonyl (C=O) groups is 1. The number of unbranched alkanes of at least 4 members (excludes halogenated alkanes) is 19. The molecule has 0 fully saturated rings. The van der Waals surface area contributed by atoms with Gasteiger partial charge >= 0.3 is 13.8 Å². The highest BCUT2D eigenvalue weighted by Crippen LogP contribution is 2.43. The third kappa shape index (κ3) is 34.6. The van der Waals surface area contributed by atoms with Crippen molar-refractivity contribution in [3.8, 4) is 0 Å². The third-order valence-electron chi connectivity index (χ3n) is 8.08. The van der Waals surface area contributed by atoms with E-state index in [1.165, 1.54) is 109 Å². The van der Waals surface area contributed by atoms with Crippen LogP contribution < -0.4 is 0 Å². The molecule has 9 heteroatoms. The Hall–Kier alpha value is -0.760. The molecule has 0 aliphatic rings. The Morgan fingerprint density at radius 1 is 0.652 bits per heavy atom. The minimum absolute atomic E-state index is 0.0901. The minimum Gasteiger partial charge on any atom is -0.457 e. The predicted molar refractivity (Wildman–Crippen MR) is 192 cm³/mol. The van der Waals surface area contributed by atoms with Crippen LogP contribution in [-0.4, -0.2) is 75.6 Å². The number of carbonyl (C=O) groups excluding carboxylic acids is 1. The number of phosphoric acid groups is 1. The van der Waals surface area contributed by atoms with Crippen molar-refractivity contribution < 1.29 is 37.3 Å². The summed E-state index contributed by atoms with van der Waals surface area (Å²) in [6, 6.07) is 0. The van der Waals surface area contributed by atoms with Crippen LogP contribution in [0.25, 0.3) is 0 Å². The maximum Gasteiger partial charge on any atom is 0.472 e. The Balaban J connectivity index is 4.20. The van der Waals surface area contributed by atoms with Crippen molar-refractivity contribution in [1.82, 2.24) is 0 Å². The van der Waals surface area contributed by atoms with Crippen molar-refractivity contribution in [3.63, 3.8) is 0 Å². The molecule has 0 spiro atoms. The van der Waals surface area contributed by atoms with E-state index < -0.39 is 13.9 Å². The first kappa shape index (κ1) is 45.2. The van der Waals surface area contributed by atoms with E-state index in [4.69, 9.17) is 18.5 Å². The van der Waals surface area contributed by atoms with E-state index >= 15 is 0 Å². The third-order valence-corrected chi connectivity index (χ3v) is 9.06. The number of quaternary nitrogens is 1. The summed E-state index contributed by atoms with van der Waals surface area (Å²) in [5.41, 5.74) is 0. The monoisotopic (exact) mass is 677 g/mol. The molecule has 8 nitrogen and oxygen atoms in total. The quantitative estimate of drug-likeness (QED) is 0.0235. The average Bonchev–Trinajstić information content (AvgIpc) is 2.99. The topological polar surface area (TPSA) is 91.3 Å². The highest BCUT2D eigenvalue weighted by molar-refractivity contribution is 7.47. The van der Waals surface area contributed by atoms with Gasteiger partial charge in [-0.05, 0) is 38.5 Å². The first-order valence-corrected chi connectivity index (χ1v) is 20.4. The van der Waals surface area contributed by atoms with Gasteiger partial charge in [-0.1, -0.05) is 129 Å². The Bertz CT molecular complexity index is 756. The van der Waals surface area contributed by atoms with Crippen LogP contribution in [0.15, 0.2) is 12.2 Å². The standard InChI is InChI=1S/C37H74NO7P/c1-6-8-10-12-14-15-16-17-18-19-20-21-22-23-24-26-28-30-37(39)45-36(34-42-32-29-27-25-13-11-9-7-2)35-44-46(40,41)43-33-31-38(3,4)5/h17-18,36H,6-16,19-35H2,1-5H3/p+1/b18-17-. The van der Waals surface area contributed by atoms with Crippen LogP contribution in [0.2, 0.25) is 0 Å². The van der Waals surface area contributed by atoms with Gasteiger partial charge in [-0.25, -0.2) is 4.57 Å². The molecule has 0 bridgehead atoms. The smallest absolute Gasteiger partial charge is 0.457 e. The number of likely N-dealkylation sites (N-methyl/N-ethyl adjacent to an activating group) is 1. The molecule has 0 heterocycles. The summed E-state index contributed by atoms with van der Waals surface area (Å²) >= 11 is 0. The zero-order valence-electron chi connectivity index (χ0n) is 30.8. The van der Waals surface area contributed by atoms with Crippen LogP contribution >= 0.6 is 7.82 Å². The average molecular weight is 677 g/mol. The molecule has 1 N–H and O–H groups in total. The lowest BCUT2D eigenvalue weighted by Crippen LogP contribution is -2.37.